The molecule has 0 amide bonds. The summed E-state index contributed by atoms with van der Waals surface area (Å²) in [5, 5.41) is 10.6. The summed E-state index contributed by atoms with van der Waals surface area (Å²) >= 11 is 0. The second-order valence-corrected chi connectivity index (χ2v) is 30.1. The predicted octanol–water partition coefficient (Wildman–Crippen LogP) is 21.7. The number of esters is 4. The Hall–Kier alpha value is -1.94. The van der Waals surface area contributed by atoms with Gasteiger partial charge in [0.1, 0.15) is 19.3 Å². The summed E-state index contributed by atoms with van der Waals surface area (Å²) in [6.45, 7) is 7.19. The molecule has 0 bridgehead atoms. The van der Waals surface area contributed by atoms with Gasteiger partial charge in [-0.05, 0) is 31.6 Å². The molecule has 0 heterocycles. The van der Waals surface area contributed by atoms with E-state index in [-0.39, 0.29) is 25.7 Å². The fraction of sp³-hybridized carbons (Fsp3) is 0.946. The van der Waals surface area contributed by atoms with Crippen molar-refractivity contribution in [1.29, 1.82) is 0 Å². The summed E-state index contributed by atoms with van der Waals surface area (Å²) in [6.07, 6.45) is 55.6. The highest BCUT2D eigenvalue weighted by atomic mass is 31.2. The lowest BCUT2D eigenvalue weighted by Gasteiger charge is -2.21. The second-order valence-electron chi connectivity index (χ2n) is 27.2. The van der Waals surface area contributed by atoms with Crippen molar-refractivity contribution in [3.63, 3.8) is 0 Å². The van der Waals surface area contributed by atoms with Crippen LogP contribution in [0.4, 0.5) is 0 Å². The Balaban J connectivity index is 5.19. The van der Waals surface area contributed by atoms with E-state index in [1.54, 1.807) is 0 Å². The van der Waals surface area contributed by atoms with Gasteiger partial charge in [-0.1, -0.05) is 336 Å². The van der Waals surface area contributed by atoms with Crippen LogP contribution in [-0.4, -0.2) is 96.7 Å². The van der Waals surface area contributed by atoms with Crippen LogP contribution >= 0.6 is 15.6 Å². The van der Waals surface area contributed by atoms with Gasteiger partial charge in [-0.15, -0.1) is 0 Å². The van der Waals surface area contributed by atoms with E-state index in [1.165, 1.54) is 205 Å². The molecular formula is C74H144O17P2. The van der Waals surface area contributed by atoms with Crippen LogP contribution in [0.3, 0.4) is 0 Å². The first-order valence-corrected chi connectivity index (χ1v) is 41.6. The van der Waals surface area contributed by atoms with Crippen molar-refractivity contribution >= 4 is 39.5 Å². The Morgan fingerprint density at radius 2 is 0.495 bits per heavy atom. The number of rotatable bonds is 74. The van der Waals surface area contributed by atoms with E-state index >= 15 is 0 Å². The third kappa shape index (κ3) is 68.4. The highest BCUT2D eigenvalue weighted by molar-refractivity contribution is 7.47. The van der Waals surface area contributed by atoms with E-state index in [9.17, 15) is 43.2 Å². The predicted molar refractivity (Wildman–Crippen MR) is 377 cm³/mol. The fourth-order valence-electron chi connectivity index (χ4n) is 11.4. The molecule has 0 spiro atoms. The quantitative estimate of drug-likeness (QED) is 0.0222. The molecule has 0 aromatic carbocycles. The topological polar surface area (TPSA) is 237 Å². The van der Waals surface area contributed by atoms with E-state index in [0.29, 0.717) is 31.6 Å². The maximum Gasteiger partial charge on any atom is 0.472 e. The van der Waals surface area contributed by atoms with Gasteiger partial charge < -0.3 is 33.8 Å². The van der Waals surface area contributed by atoms with Crippen molar-refractivity contribution in [2.45, 2.75) is 406 Å². The van der Waals surface area contributed by atoms with Gasteiger partial charge in [0.25, 0.3) is 0 Å². The van der Waals surface area contributed by atoms with Crippen molar-refractivity contribution in [2.24, 2.45) is 5.92 Å². The maximum absolute atomic E-state index is 13.1. The van der Waals surface area contributed by atoms with Gasteiger partial charge in [0.05, 0.1) is 26.4 Å². The summed E-state index contributed by atoms with van der Waals surface area (Å²) in [6, 6.07) is 0. The zero-order valence-electron chi connectivity index (χ0n) is 60.4. The highest BCUT2D eigenvalue weighted by Crippen LogP contribution is 2.45. The molecule has 0 fully saturated rings. The number of ether oxygens (including phenoxy) is 4. The van der Waals surface area contributed by atoms with Crippen LogP contribution in [0.25, 0.3) is 0 Å². The third-order valence-corrected chi connectivity index (χ3v) is 19.2. The van der Waals surface area contributed by atoms with Gasteiger partial charge in [0, 0.05) is 25.7 Å². The number of hydrogen-bond donors (Lipinski definition) is 3. The van der Waals surface area contributed by atoms with Crippen LogP contribution in [-0.2, 0) is 65.4 Å². The van der Waals surface area contributed by atoms with E-state index in [0.717, 1.165) is 96.3 Å². The molecule has 0 saturated heterocycles. The molecule has 0 radical (unpaired) electrons. The summed E-state index contributed by atoms with van der Waals surface area (Å²) in [5.74, 6) is -1.44. The molecule has 0 aromatic heterocycles. The molecule has 0 aromatic rings. The number of aliphatic hydroxyl groups excluding tert-OH is 1. The Bertz CT molecular complexity index is 1790. The van der Waals surface area contributed by atoms with E-state index in [2.05, 4.69) is 34.6 Å². The molecular weight excluding hydrogens is 1220 g/mol. The normalized spacial score (nSPS) is 14.0. The van der Waals surface area contributed by atoms with Crippen LogP contribution in [0.5, 0.6) is 0 Å². The molecule has 93 heavy (non-hydrogen) atoms. The fourth-order valence-corrected chi connectivity index (χ4v) is 12.9. The first kappa shape index (κ1) is 91.1. The number of carbonyl (C=O) groups is 4. The number of phosphoric acid groups is 2. The average molecular weight is 1370 g/mol. The Morgan fingerprint density at radius 3 is 0.731 bits per heavy atom. The second kappa shape index (κ2) is 67.3. The Morgan fingerprint density at radius 1 is 0.290 bits per heavy atom. The largest absolute Gasteiger partial charge is 0.472 e. The number of hydrogen-bond acceptors (Lipinski definition) is 15. The lowest BCUT2D eigenvalue weighted by Crippen LogP contribution is -2.30. The van der Waals surface area contributed by atoms with Crippen LogP contribution in [0.2, 0.25) is 0 Å². The van der Waals surface area contributed by atoms with Crippen LogP contribution in [0.15, 0.2) is 0 Å². The van der Waals surface area contributed by atoms with Crippen LogP contribution in [0.1, 0.15) is 388 Å². The minimum absolute atomic E-state index is 0.107. The van der Waals surface area contributed by atoms with E-state index < -0.39 is 97.5 Å². The van der Waals surface area contributed by atoms with Crippen molar-refractivity contribution in [3.05, 3.63) is 0 Å². The van der Waals surface area contributed by atoms with E-state index in [4.69, 9.17) is 37.0 Å². The molecule has 2 unspecified atom stereocenters. The van der Waals surface area contributed by atoms with Gasteiger partial charge in [-0.2, -0.15) is 0 Å². The van der Waals surface area contributed by atoms with Crippen LogP contribution in [0, 0.1) is 5.92 Å². The van der Waals surface area contributed by atoms with Gasteiger partial charge in [-0.3, -0.25) is 37.3 Å². The van der Waals surface area contributed by atoms with Crippen molar-refractivity contribution < 1.29 is 80.2 Å². The monoisotopic (exact) mass is 1370 g/mol. The minimum atomic E-state index is -4.95. The number of carbonyl (C=O) groups excluding carboxylic acids is 4. The smallest absolute Gasteiger partial charge is 0.462 e. The maximum atomic E-state index is 13.1. The first-order valence-electron chi connectivity index (χ1n) is 38.6. The van der Waals surface area contributed by atoms with Crippen molar-refractivity contribution in [3.8, 4) is 0 Å². The summed E-state index contributed by atoms with van der Waals surface area (Å²) in [5.41, 5.74) is 0. The number of aliphatic hydroxyl groups is 1. The molecule has 0 aliphatic rings. The number of phosphoric ester groups is 2. The lowest BCUT2D eigenvalue weighted by atomic mass is 10.0. The summed E-state index contributed by atoms with van der Waals surface area (Å²) < 4.78 is 68.4. The number of unbranched alkanes of at least 4 members (excludes halogenated alkanes) is 46. The molecule has 0 saturated carbocycles. The lowest BCUT2D eigenvalue weighted by molar-refractivity contribution is -0.161. The molecule has 19 heteroatoms. The molecule has 3 N–H and O–H groups in total. The molecule has 0 aliphatic heterocycles. The van der Waals surface area contributed by atoms with Gasteiger partial charge in [-0.25, -0.2) is 9.13 Å². The van der Waals surface area contributed by atoms with Gasteiger partial charge in [0.2, 0.25) is 0 Å². The van der Waals surface area contributed by atoms with Gasteiger partial charge in [0.15, 0.2) is 12.2 Å². The Labute approximate surface area is 568 Å². The molecule has 0 rings (SSSR count). The molecule has 552 valence electrons. The standard InChI is InChI=1S/C74H144O17P2/c1-6-9-12-15-18-21-24-27-28-29-30-31-32-33-34-37-40-43-50-55-60-74(79)90-69(63-84-71(76)57-52-47-41-38-35-25-22-19-16-13-10-7-2)65-88-92(80,81)86-61-68(75)62-87-93(82,83)89-66-70(64-85-72(77)58-53-48-45-44-46-51-56-67(4)5)91-73(78)59-54-49-42-39-36-26-23-20-17-14-11-8-3/h67-70,75H,6-66H2,1-5H3,(H,80,81)(H,82,83)/t68-,69-,70-/m1/s1. The summed E-state index contributed by atoms with van der Waals surface area (Å²) in [7, 11) is -9.90. The van der Waals surface area contributed by atoms with Crippen molar-refractivity contribution in [1.82, 2.24) is 0 Å². The highest BCUT2D eigenvalue weighted by Gasteiger charge is 2.30. The average Bonchev–Trinajstić information content (AvgIpc) is 1.74. The van der Waals surface area contributed by atoms with Crippen LogP contribution < -0.4 is 0 Å². The molecule has 5 atom stereocenters. The minimum Gasteiger partial charge on any atom is -0.462 e. The zero-order valence-corrected chi connectivity index (χ0v) is 62.2. The van der Waals surface area contributed by atoms with Crippen molar-refractivity contribution in [2.75, 3.05) is 39.6 Å². The molecule has 0 aliphatic carbocycles. The summed E-state index contributed by atoms with van der Waals surface area (Å²) in [4.78, 5) is 72.6. The van der Waals surface area contributed by atoms with Gasteiger partial charge >= 0.3 is 39.5 Å². The molecule has 17 nitrogen and oxygen atoms in total. The Kier molecular flexibility index (Phi) is 65.9. The zero-order chi connectivity index (χ0) is 68.4. The van der Waals surface area contributed by atoms with E-state index in [1.807, 2.05) is 0 Å². The first-order chi connectivity index (χ1) is 45.0. The SMILES string of the molecule is CCCCCCCCCCCCCCCCCCCCCCC(=O)O[C@H](COC(=O)CCCCCCCCCCCCCC)COP(=O)(O)OC[C@@H](O)COP(=O)(O)OC[C@@H](COC(=O)CCCCCCCCC(C)C)OC(=O)CCCCCCCCCCCCCC. The third-order valence-electron chi connectivity index (χ3n) is 17.3.